The Bertz CT molecular complexity index is 247. The van der Waals surface area contributed by atoms with Crippen LogP contribution in [0.25, 0.3) is 0 Å². The molecule has 0 aliphatic rings. The molecule has 0 aromatic heterocycles. The van der Waals surface area contributed by atoms with Crippen LogP contribution in [0.3, 0.4) is 0 Å². The lowest BCUT2D eigenvalue weighted by Gasteiger charge is -2.20. The van der Waals surface area contributed by atoms with Crippen molar-refractivity contribution in [1.82, 2.24) is 15.5 Å². The Morgan fingerprint density at radius 1 is 1.17 bits per heavy atom. The summed E-state index contributed by atoms with van der Waals surface area (Å²) in [6, 6.07) is -0.457. The van der Waals surface area contributed by atoms with Crippen LogP contribution < -0.4 is 10.6 Å². The molecule has 6 nitrogen and oxygen atoms in total. The molecule has 0 saturated heterocycles. The second-order valence-electron chi connectivity index (χ2n) is 4.16. The number of unbranched alkanes of at least 4 members (excludes halogenated alkanes) is 1. The third kappa shape index (κ3) is 8.95. The van der Waals surface area contributed by atoms with Gasteiger partial charge in [0, 0.05) is 13.1 Å². The van der Waals surface area contributed by atoms with E-state index in [-0.39, 0.29) is 19.1 Å². The van der Waals surface area contributed by atoms with Crippen molar-refractivity contribution in [2.75, 3.05) is 32.8 Å². The fraction of sp³-hybridized carbons (Fsp3) is 0.833. The van der Waals surface area contributed by atoms with Crippen LogP contribution in [0.1, 0.15) is 33.1 Å². The highest BCUT2D eigenvalue weighted by Crippen LogP contribution is 1.94. The molecule has 0 saturated carbocycles. The van der Waals surface area contributed by atoms with E-state index in [1.807, 2.05) is 11.8 Å². The van der Waals surface area contributed by atoms with Crippen LogP contribution in [0.2, 0.25) is 0 Å². The predicted molar refractivity (Wildman–Crippen MR) is 70.3 cm³/mol. The first-order valence-corrected chi connectivity index (χ1v) is 6.54. The summed E-state index contributed by atoms with van der Waals surface area (Å²) >= 11 is 0. The average Bonchev–Trinajstić information content (AvgIpc) is 2.33. The molecule has 0 radical (unpaired) electrons. The van der Waals surface area contributed by atoms with Gasteiger partial charge < -0.3 is 10.4 Å². The molecule has 0 spiro atoms. The quantitative estimate of drug-likeness (QED) is 0.557. The van der Waals surface area contributed by atoms with Crippen molar-refractivity contribution in [3.63, 3.8) is 0 Å². The van der Waals surface area contributed by atoms with E-state index in [2.05, 4.69) is 17.6 Å². The number of nitrogens with zero attached hydrogens (tertiary/aromatic N) is 1. The molecule has 3 amide bonds. The van der Waals surface area contributed by atoms with E-state index >= 15 is 0 Å². The maximum Gasteiger partial charge on any atom is 0.321 e. The van der Waals surface area contributed by atoms with Gasteiger partial charge in [-0.05, 0) is 19.4 Å². The zero-order valence-corrected chi connectivity index (χ0v) is 11.4. The van der Waals surface area contributed by atoms with Crippen molar-refractivity contribution in [3.05, 3.63) is 0 Å². The maximum absolute atomic E-state index is 11.6. The molecule has 0 rings (SSSR count). The Balaban J connectivity index is 3.96. The summed E-state index contributed by atoms with van der Waals surface area (Å²) in [7, 11) is 0. The Labute approximate surface area is 109 Å². The first-order valence-electron chi connectivity index (χ1n) is 6.54. The molecular weight excluding hydrogens is 234 g/mol. The minimum atomic E-state index is -0.457. The van der Waals surface area contributed by atoms with E-state index < -0.39 is 6.03 Å². The molecule has 0 aliphatic carbocycles. The van der Waals surface area contributed by atoms with Gasteiger partial charge in [0.25, 0.3) is 0 Å². The van der Waals surface area contributed by atoms with Crippen LogP contribution in [0.5, 0.6) is 0 Å². The van der Waals surface area contributed by atoms with E-state index in [9.17, 15) is 9.59 Å². The first-order chi connectivity index (χ1) is 8.63. The molecule has 106 valence electrons. The summed E-state index contributed by atoms with van der Waals surface area (Å²) < 4.78 is 0. The number of carbonyl (C=O) groups excluding carboxylic acids is 2. The van der Waals surface area contributed by atoms with Crippen LogP contribution in [-0.2, 0) is 4.79 Å². The second kappa shape index (κ2) is 11.0. The summed E-state index contributed by atoms with van der Waals surface area (Å²) in [5, 5.41) is 13.7. The monoisotopic (exact) mass is 259 g/mol. The lowest BCUT2D eigenvalue weighted by molar-refractivity contribution is -0.121. The SMILES string of the molecule is CCCCN(CCO)CC(=O)NC(=O)NCCC. The summed E-state index contributed by atoms with van der Waals surface area (Å²) in [6.07, 6.45) is 2.82. The van der Waals surface area contributed by atoms with E-state index in [1.165, 1.54) is 0 Å². The van der Waals surface area contributed by atoms with Gasteiger partial charge in [0.1, 0.15) is 0 Å². The normalized spacial score (nSPS) is 10.4. The molecule has 0 bridgehead atoms. The third-order valence-corrected chi connectivity index (χ3v) is 2.40. The van der Waals surface area contributed by atoms with Crippen LogP contribution in [0.15, 0.2) is 0 Å². The lowest BCUT2D eigenvalue weighted by atomic mass is 10.3. The molecule has 0 heterocycles. The standard InChI is InChI=1S/C12H25N3O3/c1-3-5-7-15(8-9-16)10-11(17)14-12(18)13-6-4-2/h16H,3-10H2,1-2H3,(H2,13,14,17,18). The zero-order chi connectivity index (χ0) is 13.8. The minimum absolute atomic E-state index is 0.0129. The number of rotatable bonds is 9. The zero-order valence-electron chi connectivity index (χ0n) is 11.4. The van der Waals surface area contributed by atoms with Gasteiger partial charge in [-0.15, -0.1) is 0 Å². The van der Waals surface area contributed by atoms with Gasteiger partial charge >= 0.3 is 6.03 Å². The average molecular weight is 259 g/mol. The number of imide groups is 1. The molecular formula is C12H25N3O3. The number of urea groups is 1. The molecule has 0 atom stereocenters. The molecule has 0 aromatic carbocycles. The van der Waals surface area contributed by atoms with Gasteiger partial charge in [-0.1, -0.05) is 20.3 Å². The Morgan fingerprint density at radius 2 is 1.89 bits per heavy atom. The molecule has 0 aliphatic heterocycles. The first kappa shape index (κ1) is 16.9. The minimum Gasteiger partial charge on any atom is -0.395 e. The van der Waals surface area contributed by atoms with Gasteiger partial charge in [-0.25, -0.2) is 4.79 Å². The fourth-order valence-electron chi connectivity index (χ4n) is 1.45. The van der Waals surface area contributed by atoms with Crippen molar-refractivity contribution in [3.8, 4) is 0 Å². The van der Waals surface area contributed by atoms with Crippen molar-refractivity contribution in [1.29, 1.82) is 0 Å². The molecule has 0 unspecified atom stereocenters. The summed E-state index contributed by atoms with van der Waals surface area (Å²) in [5.41, 5.74) is 0. The largest absolute Gasteiger partial charge is 0.395 e. The van der Waals surface area contributed by atoms with Crippen LogP contribution in [-0.4, -0.2) is 54.7 Å². The molecule has 0 aromatic rings. The second-order valence-corrected chi connectivity index (χ2v) is 4.16. The van der Waals surface area contributed by atoms with Crippen LogP contribution in [0, 0.1) is 0 Å². The third-order valence-electron chi connectivity index (χ3n) is 2.40. The van der Waals surface area contributed by atoms with Gasteiger partial charge in [-0.2, -0.15) is 0 Å². The molecule has 6 heteroatoms. The Morgan fingerprint density at radius 3 is 2.44 bits per heavy atom. The summed E-state index contributed by atoms with van der Waals surface area (Å²) in [4.78, 5) is 24.7. The molecule has 18 heavy (non-hydrogen) atoms. The topological polar surface area (TPSA) is 81.7 Å². The maximum atomic E-state index is 11.6. The van der Waals surface area contributed by atoms with Crippen LogP contribution >= 0.6 is 0 Å². The number of amides is 3. The number of carbonyl (C=O) groups is 2. The van der Waals surface area contributed by atoms with Crippen molar-refractivity contribution in [2.45, 2.75) is 33.1 Å². The highest BCUT2D eigenvalue weighted by atomic mass is 16.3. The van der Waals surface area contributed by atoms with Gasteiger partial charge in [-0.3, -0.25) is 15.0 Å². The number of hydrogen-bond acceptors (Lipinski definition) is 4. The lowest BCUT2D eigenvalue weighted by Crippen LogP contribution is -2.45. The number of nitrogens with one attached hydrogen (secondary N) is 2. The molecule has 0 fully saturated rings. The van der Waals surface area contributed by atoms with E-state index in [0.29, 0.717) is 13.1 Å². The Kier molecular flexibility index (Phi) is 10.3. The van der Waals surface area contributed by atoms with Gasteiger partial charge in [0.2, 0.25) is 5.91 Å². The van der Waals surface area contributed by atoms with E-state index in [0.717, 1.165) is 25.8 Å². The van der Waals surface area contributed by atoms with Gasteiger partial charge in [0.05, 0.1) is 13.2 Å². The number of aliphatic hydroxyl groups excluding tert-OH is 1. The van der Waals surface area contributed by atoms with Crippen LogP contribution in [0.4, 0.5) is 4.79 Å². The highest BCUT2D eigenvalue weighted by Gasteiger charge is 2.12. The van der Waals surface area contributed by atoms with E-state index in [4.69, 9.17) is 5.11 Å². The smallest absolute Gasteiger partial charge is 0.321 e. The Hall–Kier alpha value is -1.14. The van der Waals surface area contributed by atoms with Crippen molar-refractivity contribution in [2.24, 2.45) is 0 Å². The summed E-state index contributed by atoms with van der Waals surface area (Å²) in [5.74, 6) is -0.340. The fourth-order valence-corrected chi connectivity index (χ4v) is 1.45. The van der Waals surface area contributed by atoms with Gasteiger partial charge in [0.15, 0.2) is 0 Å². The number of hydrogen-bond donors (Lipinski definition) is 3. The summed E-state index contributed by atoms with van der Waals surface area (Å²) in [6.45, 7) is 5.91. The van der Waals surface area contributed by atoms with Crippen molar-refractivity contribution >= 4 is 11.9 Å². The number of aliphatic hydroxyl groups is 1. The predicted octanol–water partition coefficient (Wildman–Crippen LogP) is 0.317. The molecule has 3 N–H and O–H groups in total. The highest BCUT2D eigenvalue weighted by molar-refractivity contribution is 5.95. The van der Waals surface area contributed by atoms with Crippen molar-refractivity contribution < 1.29 is 14.7 Å². The van der Waals surface area contributed by atoms with E-state index in [1.54, 1.807) is 0 Å².